The number of hydrogen-bond acceptors (Lipinski definition) is 3. The molecule has 0 aliphatic carbocycles. The lowest BCUT2D eigenvalue weighted by Gasteiger charge is -2.22. The van der Waals surface area contributed by atoms with Crippen molar-refractivity contribution in [2.75, 3.05) is 0 Å². The van der Waals surface area contributed by atoms with Crippen molar-refractivity contribution in [3.63, 3.8) is 0 Å². The van der Waals surface area contributed by atoms with Gasteiger partial charge in [0.2, 0.25) is 0 Å². The first-order valence-electron chi connectivity index (χ1n) is 7.08. The molecule has 0 unspecified atom stereocenters. The molecule has 3 nitrogen and oxygen atoms in total. The maximum atomic E-state index is 12.4. The topological polar surface area (TPSA) is 46.2 Å². The first kappa shape index (κ1) is 16.2. The average Bonchev–Trinajstić information content (AvgIpc) is 3.00. The fourth-order valence-corrected chi connectivity index (χ4v) is 4.57. The van der Waals surface area contributed by atoms with Gasteiger partial charge >= 0.3 is 0 Å². The van der Waals surface area contributed by atoms with Crippen LogP contribution < -0.4 is 4.72 Å². The van der Waals surface area contributed by atoms with Gasteiger partial charge in [-0.15, -0.1) is 11.3 Å². The minimum absolute atomic E-state index is 0.173. The first-order chi connectivity index (χ1) is 9.94. The number of rotatable bonds is 6. The summed E-state index contributed by atoms with van der Waals surface area (Å²) in [5, 5.41) is 1.77. The summed E-state index contributed by atoms with van der Waals surface area (Å²) in [5.74, 6) is 0.173. The maximum absolute atomic E-state index is 12.4. The molecule has 1 aromatic heterocycles. The molecule has 0 amide bonds. The van der Waals surface area contributed by atoms with E-state index in [9.17, 15) is 8.42 Å². The van der Waals surface area contributed by atoms with E-state index in [0.29, 0.717) is 4.21 Å². The Balaban J connectivity index is 2.27. The van der Waals surface area contributed by atoms with Crippen LogP contribution in [-0.4, -0.2) is 8.42 Å². The molecule has 0 bridgehead atoms. The lowest BCUT2D eigenvalue weighted by Crippen LogP contribution is -2.31. The fourth-order valence-electron chi connectivity index (χ4n) is 2.19. The molecule has 1 heterocycles. The Morgan fingerprint density at radius 1 is 1.14 bits per heavy atom. The zero-order chi connectivity index (χ0) is 15.5. The number of thiophene rings is 1. The van der Waals surface area contributed by atoms with Crippen molar-refractivity contribution in [2.24, 2.45) is 5.92 Å². The molecule has 21 heavy (non-hydrogen) atoms. The molecule has 0 saturated heterocycles. The second kappa shape index (κ2) is 6.73. The van der Waals surface area contributed by atoms with Gasteiger partial charge in [-0.05, 0) is 34.9 Å². The summed E-state index contributed by atoms with van der Waals surface area (Å²) in [7, 11) is -3.46. The quantitative estimate of drug-likeness (QED) is 0.874. The fraction of sp³-hybridized carbons (Fsp3) is 0.375. The van der Waals surface area contributed by atoms with Gasteiger partial charge in [0.05, 0.1) is 0 Å². The molecule has 1 N–H and O–H groups in total. The molecule has 1 aromatic carbocycles. The van der Waals surface area contributed by atoms with Gasteiger partial charge in [-0.3, -0.25) is 0 Å². The van der Waals surface area contributed by atoms with Gasteiger partial charge in [-0.2, -0.15) is 0 Å². The molecule has 2 rings (SSSR count). The maximum Gasteiger partial charge on any atom is 0.250 e. The Kier molecular flexibility index (Phi) is 5.19. The van der Waals surface area contributed by atoms with Crippen LogP contribution in [0.5, 0.6) is 0 Å². The predicted octanol–water partition coefficient (Wildman–Crippen LogP) is 3.99. The smallest absolute Gasteiger partial charge is 0.206 e. The molecule has 1 atom stereocenters. The SMILES string of the molecule is CCc1ccc([C@@H](NS(=O)(=O)c2cccs2)C(C)C)cc1. The zero-order valence-corrected chi connectivity index (χ0v) is 14.2. The van der Waals surface area contributed by atoms with Crippen molar-refractivity contribution in [1.29, 1.82) is 0 Å². The van der Waals surface area contributed by atoms with E-state index in [0.717, 1.165) is 12.0 Å². The van der Waals surface area contributed by atoms with Crippen molar-refractivity contribution in [1.82, 2.24) is 4.72 Å². The third-order valence-corrected chi connectivity index (χ3v) is 6.29. The molecule has 2 aromatic rings. The van der Waals surface area contributed by atoms with E-state index in [4.69, 9.17) is 0 Å². The summed E-state index contributed by atoms with van der Waals surface area (Å²) in [4.78, 5) is 0. The Labute approximate surface area is 131 Å². The summed E-state index contributed by atoms with van der Waals surface area (Å²) >= 11 is 1.23. The van der Waals surface area contributed by atoms with Crippen LogP contribution in [-0.2, 0) is 16.4 Å². The van der Waals surface area contributed by atoms with E-state index in [-0.39, 0.29) is 12.0 Å². The summed E-state index contributed by atoms with van der Waals surface area (Å²) < 4.78 is 28.0. The first-order valence-corrected chi connectivity index (χ1v) is 9.45. The summed E-state index contributed by atoms with van der Waals surface area (Å²) in [6.07, 6.45) is 0.980. The molecule has 0 saturated carbocycles. The van der Waals surface area contributed by atoms with Crippen LogP contribution in [0, 0.1) is 5.92 Å². The van der Waals surface area contributed by atoms with Crippen molar-refractivity contribution in [3.8, 4) is 0 Å². The van der Waals surface area contributed by atoms with E-state index >= 15 is 0 Å². The van der Waals surface area contributed by atoms with Crippen LogP contribution in [0.4, 0.5) is 0 Å². The Bertz CT molecular complexity index is 659. The summed E-state index contributed by atoms with van der Waals surface area (Å²) in [6.45, 7) is 6.15. The van der Waals surface area contributed by atoms with Crippen molar-refractivity contribution in [2.45, 2.75) is 37.4 Å². The summed E-state index contributed by atoms with van der Waals surface area (Å²) in [5.41, 5.74) is 2.25. The van der Waals surface area contributed by atoms with E-state index in [2.05, 4.69) is 23.8 Å². The Morgan fingerprint density at radius 3 is 2.29 bits per heavy atom. The molecule has 0 radical (unpaired) electrons. The van der Waals surface area contributed by atoms with Crippen LogP contribution in [0.3, 0.4) is 0 Å². The standard InChI is InChI=1S/C16H21NO2S2/c1-4-13-7-9-14(10-8-13)16(12(2)3)17-21(18,19)15-6-5-11-20-15/h5-12,16-17H,4H2,1-3H3/t16-/m0/s1. The highest BCUT2D eigenvalue weighted by Crippen LogP contribution is 2.26. The second-order valence-corrected chi connectivity index (χ2v) is 8.26. The van der Waals surface area contributed by atoms with E-state index < -0.39 is 10.0 Å². The molecule has 0 aliphatic rings. The number of aryl methyl sites for hydroxylation is 1. The van der Waals surface area contributed by atoms with Gasteiger partial charge in [-0.1, -0.05) is 51.1 Å². The number of benzene rings is 1. The van der Waals surface area contributed by atoms with E-state index in [1.807, 2.05) is 26.0 Å². The van der Waals surface area contributed by atoms with Gasteiger partial charge in [0.15, 0.2) is 0 Å². The molecule has 5 heteroatoms. The second-order valence-electron chi connectivity index (χ2n) is 5.37. The van der Waals surface area contributed by atoms with Crippen LogP contribution in [0.1, 0.15) is 37.9 Å². The lowest BCUT2D eigenvalue weighted by atomic mass is 9.96. The van der Waals surface area contributed by atoms with Gasteiger partial charge in [0.1, 0.15) is 4.21 Å². The average molecular weight is 323 g/mol. The highest BCUT2D eigenvalue weighted by Gasteiger charge is 2.24. The van der Waals surface area contributed by atoms with Gasteiger partial charge in [0.25, 0.3) is 10.0 Å². The van der Waals surface area contributed by atoms with Crippen LogP contribution in [0.25, 0.3) is 0 Å². The predicted molar refractivity (Wildman–Crippen MR) is 88.0 cm³/mol. The number of sulfonamides is 1. The molecule has 0 aliphatic heterocycles. The largest absolute Gasteiger partial charge is 0.250 e. The third-order valence-electron chi connectivity index (χ3n) is 3.46. The van der Waals surface area contributed by atoms with Gasteiger partial charge in [-0.25, -0.2) is 13.1 Å². The minimum Gasteiger partial charge on any atom is -0.206 e. The molecule has 114 valence electrons. The minimum atomic E-state index is -3.46. The van der Waals surface area contributed by atoms with Crippen LogP contribution in [0.15, 0.2) is 46.0 Å². The highest BCUT2D eigenvalue weighted by molar-refractivity contribution is 7.91. The third kappa shape index (κ3) is 3.93. The number of hydrogen-bond donors (Lipinski definition) is 1. The van der Waals surface area contributed by atoms with Crippen LogP contribution in [0.2, 0.25) is 0 Å². The Morgan fingerprint density at radius 2 is 1.81 bits per heavy atom. The molecular weight excluding hydrogens is 302 g/mol. The normalized spacial score (nSPS) is 13.5. The van der Waals surface area contributed by atoms with Crippen molar-refractivity contribution < 1.29 is 8.42 Å². The van der Waals surface area contributed by atoms with Crippen LogP contribution >= 0.6 is 11.3 Å². The lowest BCUT2D eigenvalue weighted by molar-refractivity contribution is 0.463. The Hall–Kier alpha value is -1.17. The van der Waals surface area contributed by atoms with E-state index in [1.54, 1.807) is 17.5 Å². The van der Waals surface area contributed by atoms with Gasteiger partial charge in [0, 0.05) is 6.04 Å². The molecule has 0 spiro atoms. The summed E-state index contributed by atoms with van der Waals surface area (Å²) in [6, 6.07) is 11.3. The van der Waals surface area contributed by atoms with Crippen molar-refractivity contribution in [3.05, 3.63) is 52.9 Å². The number of nitrogens with one attached hydrogen (secondary N) is 1. The monoisotopic (exact) mass is 323 g/mol. The van der Waals surface area contributed by atoms with Crippen molar-refractivity contribution >= 4 is 21.4 Å². The molecule has 0 fully saturated rings. The van der Waals surface area contributed by atoms with Gasteiger partial charge < -0.3 is 0 Å². The molecular formula is C16H21NO2S2. The highest BCUT2D eigenvalue weighted by atomic mass is 32.2. The van der Waals surface area contributed by atoms with E-state index in [1.165, 1.54) is 16.9 Å². The zero-order valence-electron chi connectivity index (χ0n) is 12.5.